The van der Waals surface area contributed by atoms with Crippen molar-refractivity contribution in [1.82, 2.24) is 0 Å². The van der Waals surface area contributed by atoms with Crippen molar-refractivity contribution in [3.63, 3.8) is 0 Å². The van der Waals surface area contributed by atoms with E-state index in [1.807, 2.05) is 12.1 Å². The van der Waals surface area contributed by atoms with Gasteiger partial charge in [-0.05, 0) is 95.1 Å². The Morgan fingerprint density at radius 2 is 0.667 bits per heavy atom. The summed E-state index contributed by atoms with van der Waals surface area (Å²) in [6, 6.07) is 55.5. The minimum Gasteiger partial charge on any atom is -0.373 e. The fourth-order valence-electron chi connectivity index (χ4n) is 5.66. The van der Waals surface area contributed by atoms with Crippen LogP contribution in [0.25, 0.3) is 11.1 Å². The zero-order chi connectivity index (χ0) is 33.0. The van der Waals surface area contributed by atoms with Crippen LogP contribution in [0.2, 0.25) is 0 Å². The van der Waals surface area contributed by atoms with Crippen molar-refractivity contribution >= 4 is 34.1 Å². The molecular weight excluding hydrogens is 588 g/mol. The fraction of sp³-hybridized carbons (Fsp3) is 0.0909. The van der Waals surface area contributed by atoms with Gasteiger partial charge in [-0.1, -0.05) is 97.1 Å². The van der Waals surface area contributed by atoms with Crippen LogP contribution in [0.15, 0.2) is 183 Å². The lowest BCUT2D eigenvalue weighted by molar-refractivity contribution is 0.149. The average molecular weight is 629 g/mol. The van der Waals surface area contributed by atoms with Crippen LogP contribution in [0.4, 0.5) is 34.1 Å². The highest BCUT2D eigenvalue weighted by atomic mass is 16.5. The van der Waals surface area contributed by atoms with E-state index in [0.717, 1.165) is 56.4 Å². The molecule has 0 bridgehead atoms. The van der Waals surface area contributed by atoms with E-state index < -0.39 is 0 Å². The van der Waals surface area contributed by atoms with Gasteiger partial charge in [0.15, 0.2) is 0 Å². The molecule has 0 aromatic heterocycles. The molecular formula is C44H40N2O2. The van der Waals surface area contributed by atoms with Gasteiger partial charge in [0.2, 0.25) is 0 Å². The summed E-state index contributed by atoms with van der Waals surface area (Å²) in [5.74, 6) is 0. The van der Waals surface area contributed by atoms with E-state index in [2.05, 4.69) is 169 Å². The lowest BCUT2D eigenvalue weighted by Gasteiger charge is -2.26. The summed E-state index contributed by atoms with van der Waals surface area (Å²) in [7, 11) is 0. The van der Waals surface area contributed by atoms with E-state index in [4.69, 9.17) is 9.47 Å². The minimum atomic E-state index is 0.541. The van der Waals surface area contributed by atoms with Crippen molar-refractivity contribution in [3.05, 3.63) is 194 Å². The number of anilines is 6. The van der Waals surface area contributed by atoms with Gasteiger partial charge in [0.05, 0.1) is 26.4 Å². The van der Waals surface area contributed by atoms with Crippen LogP contribution in [0.3, 0.4) is 0 Å². The quantitative estimate of drug-likeness (QED) is 0.0834. The Bertz CT molecular complexity index is 1730. The lowest BCUT2D eigenvalue weighted by atomic mass is 10.0. The summed E-state index contributed by atoms with van der Waals surface area (Å²) >= 11 is 0. The number of rotatable bonds is 15. The van der Waals surface area contributed by atoms with E-state index >= 15 is 0 Å². The molecule has 4 nitrogen and oxygen atoms in total. The van der Waals surface area contributed by atoms with Gasteiger partial charge in [-0.15, -0.1) is 13.2 Å². The van der Waals surface area contributed by atoms with Crippen molar-refractivity contribution in [1.29, 1.82) is 0 Å². The van der Waals surface area contributed by atoms with Gasteiger partial charge in [0.25, 0.3) is 0 Å². The Morgan fingerprint density at radius 1 is 0.375 bits per heavy atom. The summed E-state index contributed by atoms with van der Waals surface area (Å²) in [4.78, 5) is 4.55. The fourth-order valence-corrected chi connectivity index (χ4v) is 5.66. The molecule has 0 aliphatic rings. The molecule has 0 aliphatic carbocycles. The molecule has 6 aromatic carbocycles. The number of hydrogen-bond donors (Lipinski definition) is 0. The third-order valence-electron chi connectivity index (χ3n) is 8.01. The van der Waals surface area contributed by atoms with Crippen LogP contribution >= 0.6 is 0 Å². The molecule has 0 aliphatic heterocycles. The highest BCUT2D eigenvalue weighted by Gasteiger charge is 2.15. The van der Waals surface area contributed by atoms with Crippen molar-refractivity contribution < 1.29 is 9.47 Å². The van der Waals surface area contributed by atoms with E-state index in [9.17, 15) is 0 Å². The second-order valence-corrected chi connectivity index (χ2v) is 11.4. The third kappa shape index (κ3) is 7.99. The van der Waals surface area contributed by atoms with Crippen LogP contribution in [-0.4, -0.2) is 13.2 Å². The van der Waals surface area contributed by atoms with Gasteiger partial charge < -0.3 is 19.3 Å². The predicted molar refractivity (Wildman–Crippen MR) is 201 cm³/mol. The molecule has 0 amide bonds. The normalized spacial score (nSPS) is 10.8. The Labute approximate surface area is 284 Å². The largest absolute Gasteiger partial charge is 0.373 e. The van der Waals surface area contributed by atoms with Crippen LogP contribution < -0.4 is 9.80 Å². The third-order valence-corrected chi connectivity index (χ3v) is 8.01. The first-order valence-corrected chi connectivity index (χ1v) is 16.2. The summed E-state index contributed by atoms with van der Waals surface area (Å²) in [6.07, 6.45) is 3.54. The maximum atomic E-state index is 5.64. The van der Waals surface area contributed by atoms with Gasteiger partial charge in [-0.2, -0.15) is 0 Å². The SMILES string of the molecule is C=CCOCc1ccc(N(c2ccccc2)c2ccc(-c3ccc(N(c4ccccc4)c4ccc(COCC=C)cc4)cc3)cc2)cc1. The molecule has 0 radical (unpaired) electrons. The Morgan fingerprint density at radius 3 is 0.979 bits per heavy atom. The molecule has 4 heteroatoms. The molecule has 0 fully saturated rings. The van der Waals surface area contributed by atoms with E-state index in [1.54, 1.807) is 12.2 Å². The van der Waals surface area contributed by atoms with Gasteiger partial charge in [-0.25, -0.2) is 0 Å². The lowest BCUT2D eigenvalue weighted by Crippen LogP contribution is -2.10. The smallest absolute Gasteiger partial charge is 0.0721 e. The Hall–Kier alpha value is -5.68. The topological polar surface area (TPSA) is 24.9 Å². The predicted octanol–water partition coefficient (Wildman–Crippen LogP) is 11.7. The van der Waals surface area contributed by atoms with Gasteiger partial charge in [-0.3, -0.25) is 0 Å². The van der Waals surface area contributed by atoms with Crippen LogP contribution in [0.5, 0.6) is 0 Å². The molecule has 0 saturated heterocycles. The molecule has 6 rings (SSSR count). The number of hydrogen-bond acceptors (Lipinski definition) is 4. The summed E-state index contributed by atoms with van der Waals surface area (Å²) in [5.41, 5.74) is 11.1. The number of benzene rings is 6. The zero-order valence-electron chi connectivity index (χ0n) is 27.1. The maximum Gasteiger partial charge on any atom is 0.0721 e. The molecule has 0 unspecified atom stereocenters. The second-order valence-electron chi connectivity index (χ2n) is 11.4. The Kier molecular flexibility index (Phi) is 10.9. The molecule has 238 valence electrons. The zero-order valence-corrected chi connectivity index (χ0v) is 27.1. The average Bonchev–Trinajstić information content (AvgIpc) is 3.15. The van der Waals surface area contributed by atoms with Crippen LogP contribution in [0.1, 0.15) is 11.1 Å². The first kappa shape index (κ1) is 32.3. The van der Waals surface area contributed by atoms with Crippen LogP contribution in [0, 0.1) is 0 Å². The van der Waals surface area contributed by atoms with Crippen LogP contribution in [-0.2, 0) is 22.7 Å². The molecule has 0 spiro atoms. The van der Waals surface area contributed by atoms with Gasteiger partial charge in [0.1, 0.15) is 0 Å². The number of ether oxygens (including phenoxy) is 2. The van der Waals surface area contributed by atoms with Gasteiger partial charge in [0, 0.05) is 34.1 Å². The monoisotopic (exact) mass is 628 g/mol. The van der Waals surface area contributed by atoms with Crippen molar-refractivity contribution in [3.8, 4) is 11.1 Å². The second kappa shape index (κ2) is 16.2. The standard InChI is InChI=1S/C44H40N2O2/c1-3-31-47-33-35-15-23-41(24-16-35)45(39-11-7-5-8-12-39)43-27-19-37(20-28-43)38-21-29-44(30-22-38)46(40-13-9-6-10-14-40)42-25-17-36(18-26-42)34-48-32-4-2/h3-30H,1-2,31-34H2. The molecule has 0 atom stereocenters. The summed E-state index contributed by atoms with van der Waals surface area (Å²) in [5, 5.41) is 0. The molecule has 48 heavy (non-hydrogen) atoms. The first-order chi connectivity index (χ1) is 23.7. The number of nitrogens with zero attached hydrogens (tertiary/aromatic N) is 2. The van der Waals surface area contributed by atoms with Crippen molar-refractivity contribution in [2.45, 2.75) is 13.2 Å². The van der Waals surface area contributed by atoms with E-state index in [0.29, 0.717) is 26.4 Å². The van der Waals surface area contributed by atoms with Gasteiger partial charge >= 0.3 is 0 Å². The summed E-state index contributed by atoms with van der Waals surface area (Å²) in [6.45, 7) is 9.66. The highest BCUT2D eigenvalue weighted by molar-refractivity contribution is 5.80. The Balaban J connectivity index is 1.24. The maximum absolute atomic E-state index is 5.64. The summed E-state index contributed by atoms with van der Waals surface area (Å²) < 4.78 is 11.3. The molecule has 0 N–H and O–H groups in total. The first-order valence-electron chi connectivity index (χ1n) is 16.2. The molecule has 6 aromatic rings. The molecule has 0 heterocycles. The minimum absolute atomic E-state index is 0.541. The molecule has 0 saturated carbocycles. The highest BCUT2D eigenvalue weighted by Crippen LogP contribution is 2.38. The van der Waals surface area contributed by atoms with E-state index in [-0.39, 0.29) is 0 Å². The van der Waals surface area contributed by atoms with Crippen molar-refractivity contribution in [2.75, 3.05) is 23.0 Å². The number of para-hydroxylation sites is 2. The van der Waals surface area contributed by atoms with E-state index in [1.165, 1.54) is 0 Å². The van der Waals surface area contributed by atoms with Crippen molar-refractivity contribution in [2.24, 2.45) is 0 Å².